The Morgan fingerprint density at radius 2 is 2.17 bits per heavy atom. The first-order valence-corrected chi connectivity index (χ1v) is 6.37. The van der Waals surface area contributed by atoms with E-state index in [-0.39, 0.29) is 18.6 Å². The molecule has 0 saturated carbocycles. The van der Waals surface area contributed by atoms with Crippen molar-refractivity contribution >= 4 is 12.0 Å². The number of aryl methyl sites for hydroxylation is 1. The van der Waals surface area contributed by atoms with E-state index in [1.165, 1.54) is 5.56 Å². The summed E-state index contributed by atoms with van der Waals surface area (Å²) in [6, 6.07) is 8.03. The van der Waals surface area contributed by atoms with Crippen molar-refractivity contribution in [2.75, 3.05) is 13.2 Å². The maximum Gasteiger partial charge on any atom is 0.246 e. The molecule has 3 heteroatoms. The third-order valence-electron chi connectivity index (χ3n) is 3.37. The number of aliphatic hydroxyl groups excluding tert-OH is 1. The second kappa shape index (κ2) is 5.83. The summed E-state index contributed by atoms with van der Waals surface area (Å²) in [5.41, 5.74) is 2.23. The van der Waals surface area contributed by atoms with Crippen molar-refractivity contribution in [3.05, 3.63) is 41.5 Å². The first-order chi connectivity index (χ1) is 8.70. The van der Waals surface area contributed by atoms with Gasteiger partial charge in [-0.3, -0.25) is 4.79 Å². The highest BCUT2D eigenvalue weighted by molar-refractivity contribution is 5.92. The Labute approximate surface area is 108 Å². The topological polar surface area (TPSA) is 40.5 Å². The number of benzene rings is 1. The molecule has 1 fully saturated rings. The zero-order valence-corrected chi connectivity index (χ0v) is 10.7. The fourth-order valence-corrected chi connectivity index (χ4v) is 2.26. The van der Waals surface area contributed by atoms with E-state index in [9.17, 15) is 9.90 Å². The summed E-state index contributed by atoms with van der Waals surface area (Å²) in [6.07, 6.45) is 5.31. The predicted octanol–water partition coefficient (Wildman–Crippen LogP) is 1.99. The fraction of sp³-hybridized carbons (Fsp3) is 0.400. The molecular weight excluding hydrogens is 226 g/mol. The average Bonchev–Trinajstić information content (AvgIpc) is 2.86. The Morgan fingerprint density at radius 3 is 2.83 bits per heavy atom. The molecule has 1 atom stereocenters. The van der Waals surface area contributed by atoms with Gasteiger partial charge in [0.15, 0.2) is 0 Å². The molecule has 2 rings (SSSR count). The Balaban J connectivity index is 2.00. The minimum atomic E-state index is -0.00729. The number of hydrogen-bond donors (Lipinski definition) is 1. The Kier molecular flexibility index (Phi) is 4.15. The highest BCUT2D eigenvalue weighted by Gasteiger charge is 2.26. The summed E-state index contributed by atoms with van der Waals surface area (Å²) in [5.74, 6) is -0.00729. The maximum atomic E-state index is 12.0. The van der Waals surface area contributed by atoms with E-state index < -0.39 is 0 Å². The SMILES string of the molecule is Cc1ccc(C=CC(=O)N2CCC[C@H]2CO)cc1. The van der Waals surface area contributed by atoms with Crippen molar-refractivity contribution in [1.82, 2.24) is 4.90 Å². The van der Waals surface area contributed by atoms with E-state index in [1.807, 2.05) is 37.3 Å². The number of aliphatic hydroxyl groups is 1. The normalized spacial score (nSPS) is 19.7. The third-order valence-corrected chi connectivity index (χ3v) is 3.37. The van der Waals surface area contributed by atoms with Crippen molar-refractivity contribution in [1.29, 1.82) is 0 Å². The highest BCUT2D eigenvalue weighted by atomic mass is 16.3. The molecule has 1 amide bonds. The molecule has 1 N–H and O–H groups in total. The molecule has 0 spiro atoms. The van der Waals surface area contributed by atoms with Crippen LogP contribution in [0.25, 0.3) is 6.08 Å². The van der Waals surface area contributed by atoms with Crippen molar-refractivity contribution < 1.29 is 9.90 Å². The molecule has 0 aliphatic carbocycles. The standard InChI is InChI=1S/C15H19NO2/c1-12-4-6-13(7-5-12)8-9-15(18)16-10-2-3-14(16)11-17/h4-9,14,17H,2-3,10-11H2,1H3/t14-/m0/s1. The summed E-state index contributed by atoms with van der Waals surface area (Å²) in [7, 11) is 0. The lowest BCUT2D eigenvalue weighted by molar-refractivity contribution is -0.127. The molecule has 0 radical (unpaired) electrons. The van der Waals surface area contributed by atoms with E-state index in [2.05, 4.69) is 0 Å². The largest absolute Gasteiger partial charge is 0.394 e. The summed E-state index contributed by atoms with van der Waals surface area (Å²) >= 11 is 0. The van der Waals surface area contributed by atoms with Crippen LogP contribution in [-0.2, 0) is 4.79 Å². The molecule has 1 aromatic carbocycles. The second-order valence-corrected chi connectivity index (χ2v) is 4.75. The van der Waals surface area contributed by atoms with E-state index in [0.29, 0.717) is 0 Å². The van der Waals surface area contributed by atoms with E-state index >= 15 is 0 Å². The second-order valence-electron chi connectivity index (χ2n) is 4.75. The molecule has 3 nitrogen and oxygen atoms in total. The van der Waals surface area contributed by atoms with Gasteiger partial charge in [0, 0.05) is 12.6 Å². The van der Waals surface area contributed by atoms with Crippen LogP contribution in [-0.4, -0.2) is 35.1 Å². The lowest BCUT2D eigenvalue weighted by Crippen LogP contribution is -2.36. The average molecular weight is 245 g/mol. The first kappa shape index (κ1) is 12.8. The van der Waals surface area contributed by atoms with Gasteiger partial charge in [0.2, 0.25) is 5.91 Å². The maximum absolute atomic E-state index is 12.0. The van der Waals surface area contributed by atoms with Gasteiger partial charge in [-0.25, -0.2) is 0 Å². The van der Waals surface area contributed by atoms with Crippen molar-refractivity contribution in [2.24, 2.45) is 0 Å². The van der Waals surface area contributed by atoms with Gasteiger partial charge < -0.3 is 10.0 Å². The van der Waals surface area contributed by atoms with Crippen LogP contribution in [0.3, 0.4) is 0 Å². The number of likely N-dealkylation sites (tertiary alicyclic amines) is 1. The lowest BCUT2D eigenvalue weighted by Gasteiger charge is -2.21. The monoisotopic (exact) mass is 245 g/mol. The minimum absolute atomic E-state index is 0.000155. The van der Waals surface area contributed by atoms with Crippen LogP contribution < -0.4 is 0 Å². The third kappa shape index (κ3) is 2.99. The number of hydrogen-bond acceptors (Lipinski definition) is 2. The van der Waals surface area contributed by atoms with E-state index in [1.54, 1.807) is 11.0 Å². The molecule has 0 unspecified atom stereocenters. The predicted molar refractivity (Wildman–Crippen MR) is 72.0 cm³/mol. The van der Waals surface area contributed by atoms with E-state index in [4.69, 9.17) is 0 Å². The van der Waals surface area contributed by atoms with Gasteiger partial charge in [0.25, 0.3) is 0 Å². The lowest BCUT2D eigenvalue weighted by atomic mass is 10.1. The van der Waals surface area contributed by atoms with Crippen LogP contribution in [0.1, 0.15) is 24.0 Å². The van der Waals surface area contributed by atoms with Crippen molar-refractivity contribution in [3.63, 3.8) is 0 Å². The zero-order valence-electron chi connectivity index (χ0n) is 10.7. The minimum Gasteiger partial charge on any atom is -0.394 e. The molecule has 1 aliphatic rings. The Morgan fingerprint density at radius 1 is 1.44 bits per heavy atom. The molecule has 0 bridgehead atoms. The first-order valence-electron chi connectivity index (χ1n) is 6.37. The van der Waals surface area contributed by atoms with Gasteiger partial charge in [-0.2, -0.15) is 0 Å². The van der Waals surface area contributed by atoms with E-state index in [0.717, 1.165) is 24.9 Å². The van der Waals surface area contributed by atoms with Gasteiger partial charge in [-0.05, 0) is 31.4 Å². The van der Waals surface area contributed by atoms with Crippen LogP contribution in [0, 0.1) is 6.92 Å². The van der Waals surface area contributed by atoms with Crippen LogP contribution in [0.5, 0.6) is 0 Å². The highest BCUT2D eigenvalue weighted by Crippen LogP contribution is 2.17. The molecule has 1 heterocycles. The Bertz CT molecular complexity index is 436. The number of amides is 1. The quantitative estimate of drug-likeness (QED) is 0.827. The molecule has 1 aromatic rings. The van der Waals surface area contributed by atoms with Crippen LogP contribution in [0.15, 0.2) is 30.3 Å². The number of carbonyl (C=O) groups excluding carboxylic acids is 1. The van der Waals surface area contributed by atoms with Gasteiger partial charge in [-0.15, -0.1) is 0 Å². The summed E-state index contributed by atoms with van der Waals surface area (Å²) in [5, 5.41) is 9.18. The number of nitrogens with zero attached hydrogens (tertiary/aromatic N) is 1. The van der Waals surface area contributed by atoms with Crippen LogP contribution in [0.4, 0.5) is 0 Å². The Hall–Kier alpha value is -1.61. The van der Waals surface area contributed by atoms with Crippen molar-refractivity contribution in [3.8, 4) is 0 Å². The molecular formula is C15H19NO2. The van der Waals surface area contributed by atoms with Crippen molar-refractivity contribution in [2.45, 2.75) is 25.8 Å². The summed E-state index contributed by atoms with van der Waals surface area (Å²) in [6.45, 7) is 2.85. The van der Waals surface area contributed by atoms with Gasteiger partial charge in [0.1, 0.15) is 0 Å². The van der Waals surface area contributed by atoms with Gasteiger partial charge >= 0.3 is 0 Å². The van der Waals surface area contributed by atoms with Crippen LogP contribution in [0.2, 0.25) is 0 Å². The van der Waals surface area contributed by atoms with Gasteiger partial charge in [0.05, 0.1) is 12.6 Å². The number of carbonyl (C=O) groups is 1. The molecule has 1 aliphatic heterocycles. The smallest absolute Gasteiger partial charge is 0.246 e. The van der Waals surface area contributed by atoms with Gasteiger partial charge in [-0.1, -0.05) is 29.8 Å². The zero-order chi connectivity index (χ0) is 13.0. The molecule has 96 valence electrons. The number of rotatable bonds is 3. The molecule has 0 aromatic heterocycles. The summed E-state index contributed by atoms with van der Waals surface area (Å²) < 4.78 is 0. The summed E-state index contributed by atoms with van der Waals surface area (Å²) in [4.78, 5) is 13.7. The molecule has 18 heavy (non-hydrogen) atoms. The molecule has 1 saturated heterocycles. The van der Waals surface area contributed by atoms with Crippen LogP contribution >= 0.6 is 0 Å². The fourth-order valence-electron chi connectivity index (χ4n) is 2.26.